The molecule has 5 nitrogen and oxygen atoms in total. The SMILES string of the molecule is COC(=O)/C=C/C(C)COC(=O)OC. The Labute approximate surface area is 82.6 Å². The van der Waals surface area contributed by atoms with E-state index in [1.807, 2.05) is 0 Å². The highest BCUT2D eigenvalue weighted by molar-refractivity contribution is 5.81. The average molecular weight is 202 g/mol. The molecule has 0 rings (SSSR count). The number of rotatable bonds is 4. The summed E-state index contributed by atoms with van der Waals surface area (Å²) < 4.78 is 13.3. The molecule has 0 amide bonds. The second-order valence-electron chi connectivity index (χ2n) is 2.62. The first-order valence-corrected chi connectivity index (χ1v) is 4.07. The van der Waals surface area contributed by atoms with Gasteiger partial charge in [0.2, 0.25) is 0 Å². The van der Waals surface area contributed by atoms with Gasteiger partial charge in [-0.3, -0.25) is 0 Å². The van der Waals surface area contributed by atoms with Crippen LogP contribution in [-0.4, -0.2) is 33.0 Å². The minimum absolute atomic E-state index is 0.0619. The second kappa shape index (κ2) is 6.94. The molecule has 0 aromatic rings. The van der Waals surface area contributed by atoms with Crippen LogP contribution in [0.1, 0.15) is 6.92 Å². The Kier molecular flexibility index (Phi) is 6.19. The molecular weight excluding hydrogens is 188 g/mol. The van der Waals surface area contributed by atoms with Gasteiger partial charge in [-0.05, 0) is 0 Å². The van der Waals surface area contributed by atoms with Crippen LogP contribution in [0.25, 0.3) is 0 Å². The molecule has 0 fully saturated rings. The molecule has 0 aliphatic rings. The summed E-state index contributed by atoms with van der Waals surface area (Å²) in [6, 6.07) is 0. The van der Waals surface area contributed by atoms with E-state index in [0.29, 0.717) is 0 Å². The van der Waals surface area contributed by atoms with E-state index in [4.69, 9.17) is 0 Å². The van der Waals surface area contributed by atoms with Crippen molar-refractivity contribution in [2.45, 2.75) is 6.92 Å². The highest BCUT2D eigenvalue weighted by Gasteiger charge is 2.04. The standard InChI is InChI=1S/C9H14O5/c1-7(4-5-8(10)12-2)6-14-9(11)13-3/h4-5,7H,6H2,1-3H3/b5-4+. The number of ether oxygens (including phenoxy) is 3. The summed E-state index contributed by atoms with van der Waals surface area (Å²) in [4.78, 5) is 21.2. The lowest BCUT2D eigenvalue weighted by atomic mass is 10.2. The Morgan fingerprint density at radius 3 is 2.43 bits per heavy atom. The highest BCUT2D eigenvalue weighted by Crippen LogP contribution is 1.99. The third-order valence-electron chi connectivity index (χ3n) is 1.39. The molecular formula is C9H14O5. The van der Waals surface area contributed by atoms with E-state index in [0.717, 1.165) is 0 Å². The van der Waals surface area contributed by atoms with Crippen LogP contribution in [0.3, 0.4) is 0 Å². The first-order valence-electron chi connectivity index (χ1n) is 4.07. The Balaban J connectivity index is 3.75. The van der Waals surface area contributed by atoms with Gasteiger partial charge in [0.25, 0.3) is 0 Å². The number of carbonyl (C=O) groups is 2. The van der Waals surface area contributed by atoms with Crippen LogP contribution in [0, 0.1) is 5.92 Å². The van der Waals surface area contributed by atoms with E-state index in [1.165, 1.54) is 20.3 Å². The maximum atomic E-state index is 10.7. The maximum Gasteiger partial charge on any atom is 0.507 e. The molecule has 0 aromatic heterocycles. The lowest BCUT2D eigenvalue weighted by molar-refractivity contribution is -0.134. The fraction of sp³-hybridized carbons (Fsp3) is 0.556. The van der Waals surface area contributed by atoms with Crippen LogP contribution >= 0.6 is 0 Å². The predicted octanol–water partition coefficient (Wildman–Crippen LogP) is 1.13. The first kappa shape index (κ1) is 12.5. The van der Waals surface area contributed by atoms with Crippen LogP contribution in [0.15, 0.2) is 12.2 Å². The quantitative estimate of drug-likeness (QED) is 0.505. The zero-order chi connectivity index (χ0) is 11.0. The summed E-state index contributed by atoms with van der Waals surface area (Å²) in [5.41, 5.74) is 0. The topological polar surface area (TPSA) is 61.8 Å². The molecule has 0 bridgehead atoms. The summed E-state index contributed by atoms with van der Waals surface area (Å²) in [5.74, 6) is -0.497. The van der Waals surface area contributed by atoms with E-state index < -0.39 is 12.1 Å². The van der Waals surface area contributed by atoms with Gasteiger partial charge in [0, 0.05) is 12.0 Å². The Bertz CT molecular complexity index is 221. The largest absolute Gasteiger partial charge is 0.507 e. The van der Waals surface area contributed by atoms with Crippen LogP contribution < -0.4 is 0 Å². The van der Waals surface area contributed by atoms with Gasteiger partial charge in [0.1, 0.15) is 6.61 Å². The second-order valence-corrected chi connectivity index (χ2v) is 2.62. The molecule has 1 atom stereocenters. The van der Waals surface area contributed by atoms with Gasteiger partial charge in [-0.2, -0.15) is 0 Å². The average Bonchev–Trinajstić information content (AvgIpc) is 2.22. The minimum atomic E-state index is -0.733. The van der Waals surface area contributed by atoms with E-state index in [-0.39, 0.29) is 12.5 Å². The summed E-state index contributed by atoms with van der Waals surface area (Å²) in [6.07, 6.45) is 2.14. The van der Waals surface area contributed by atoms with Crippen molar-refractivity contribution in [3.05, 3.63) is 12.2 Å². The fourth-order valence-corrected chi connectivity index (χ4v) is 0.625. The molecule has 0 aliphatic carbocycles. The molecule has 0 heterocycles. The highest BCUT2D eigenvalue weighted by atomic mass is 16.7. The van der Waals surface area contributed by atoms with E-state index in [1.54, 1.807) is 13.0 Å². The van der Waals surface area contributed by atoms with Crippen molar-refractivity contribution < 1.29 is 23.8 Å². The third kappa shape index (κ3) is 6.05. The zero-order valence-electron chi connectivity index (χ0n) is 8.48. The first-order chi connectivity index (χ1) is 6.60. The number of methoxy groups -OCH3 is 2. The van der Waals surface area contributed by atoms with Crippen LogP contribution in [-0.2, 0) is 19.0 Å². The molecule has 0 radical (unpaired) electrons. The summed E-state index contributed by atoms with van der Waals surface area (Å²) in [7, 11) is 2.53. The Morgan fingerprint density at radius 1 is 1.29 bits per heavy atom. The molecule has 0 spiro atoms. The van der Waals surface area contributed by atoms with Crippen molar-refractivity contribution in [3.8, 4) is 0 Å². The summed E-state index contributed by atoms with van der Waals surface area (Å²) in [5, 5.41) is 0. The molecule has 80 valence electrons. The molecule has 0 saturated carbocycles. The molecule has 0 N–H and O–H groups in total. The molecule has 5 heteroatoms. The van der Waals surface area contributed by atoms with Gasteiger partial charge >= 0.3 is 12.1 Å². The molecule has 0 saturated heterocycles. The lowest BCUT2D eigenvalue weighted by Crippen LogP contribution is -2.10. The summed E-state index contributed by atoms with van der Waals surface area (Å²) in [6.45, 7) is 1.96. The smallest absolute Gasteiger partial charge is 0.466 e. The van der Waals surface area contributed by atoms with Gasteiger partial charge < -0.3 is 14.2 Å². The number of esters is 1. The number of hydrogen-bond acceptors (Lipinski definition) is 5. The van der Waals surface area contributed by atoms with Crippen molar-refractivity contribution in [3.63, 3.8) is 0 Å². The van der Waals surface area contributed by atoms with E-state index >= 15 is 0 Å². The van der Waals surface area contributed by atoms with Gasteiger partial charge in [-0.1, -0.05) is 13.0 Å². The molecule has 0 aliphatic heterocycles. The van der Waals surface area contributed by atoms with Crippen molar-refractivity contribution >= 4 is 12.1 Å². The van der Waals surface area contributed by atoms with Crippen LogP contribution in [0.2, 0.25) is 0 Å². The van der Waals surface area contributed by atoms with Crippen molar-refractivity contribution in [2.75, 3.05) is 20.8 Å². The minimum Gasteiger partial charge on any atom is -0.466 e. The van der Waals surface area contributed by atoms with Gasteiger partial charge in [0.05, 0.1) is 14.2 Å². The Morgan fingerprint density at radius 2 is 1.93 bits per heavy atom. The summed E-state index contributed by atoms with van der Waals surface area (Å²) >= 11 is 0. The third-order valence-corrected chi connectivity index (χ3v) is 1.39. The molecule has 14 heavy (non-hydrogen) atoms. The predicted molar refractivity (Wildman–Crippen MR) is 48.7 cm³/mol. The van der Waals surface area contributed by atoms with Crippen molar-refractivity contribution in [2.24, 2.45) is 5.92 Å². The number of carbonyl (C=O) groups excluding carboxylic acids is 2. The van der Waals surface area contributed by atoms with Crippen LogP contribution in [0.4, 0.5) is 4.79 Å². The fourth-order valence-electron chi connectivity index (χ4n) is 0.625. The van der Waals surface area contributed by atoms with Gasteiger partial charge in [0.15, 0.2) is 0 Å². The van der Waals surface area contributed by atoms with Crippen molar-refractivity contribution in [1.82, 2.24) is 0 Å². The van der Waals surface area contributed by atoms with Gasteiger partial charge in [-0.15, -0.1) is 0 Å². The van der Waals surface area contributed by atoms with E-state index in [2.05, 4.69) is 14.2 Å². The van der Waals surface area contributed by atoms with Gasteiger partial charge in [-0.25, -0.2) is 9.59 Å². The zero-order valence-corrected chi connectivity index (χ0v) is 8.48. The Hall–Kier alpha value is -1.52. The normalized spacial score (nSPS) is 12.2. The molecule has 1 unspecified atom stereocenters. The number of hydrogen-bond donors (Lipinski definition) is 0. The monoisotopic (exact) mass is 202 g/mol. The lowest BCUT2D eigenvalue weighted by Gasteiger charge is -2.05. The maximum absolute atomic E-state index is 10.7. The van der Waals surface area contributed by atoms with E-state index in [9.17, 15) is 9.59 Å². The molecule has 0 aromatic carbocycles. The van der Waals surface area contributed by atoms with Crippen LogP contribution in [0.5, 0.6) is 0 Å². The van der Waals surface area contributed by atoms with Crippen molar-refractivity contribution in [1.29, 1.82) is 0 Å².